The fourth-order valence-electron chi connectivity index (χ4n) is 1.76. The number of hydrogen-bond acceptors (Lipinski definition) is 3. The molecule has 1 aliphatic rings. The van der Waals surface area contributed by atoms with Crippen LogP contribution < -0.4 is 11.1 Å². The van der Waals surface area contributed by atoms with Crippen molar-refractivity contribution in [3.8, 4) is 0 Å². The van der Waals surface area contributed by atoms with Gasteiger partial charge in [0.2, 0.25) is 0 Å². The van der Waals surface area contributed by atoms with Gasteiger partial charge in [-0.3, -0.25) is 0 Å². The third-order valence-electron chi connectivity index (χ3n) is 2.65. The van der Waals surface area contributed by atoms with Crippen molar-refractivity contribution in [3.63, 3.8) is 0 Å². The van der Waals surface area contributed by atoms with Gasteiger partial charge in [-0.1, -0.05) is 0 Å². The normalized spacial score (nSPS) is 16.2. The lowest BCUT2D eigenvalue weighted by Gasteiger charge is -2.26. The predicted molar refractivity (Wildman–Crippen MR) is 63.3 cm³/mol. The summed E-state index contributed by atoms with van der Waals surface area (Å²) in [5.74, 6) is 0. The smallest absolute Gasteiger partial charge is 0.317 e. The zero-order valence-electron chi connectivity index (χ0n) is 9.91. The second-order valence-corrected chi connectivity index (χ2v) is 4.03. The van der Waals surface area contributed by atoms with Gasteiger partial charge >= 0.3 is 6.03 Å². The van der Waals surface area contributed by atoms with Crippen molar-refractivity contribution in [1.29, 1.82) is 0 Å². The molecule has 5 heteroatoms. The molecule has 0 atom stereocenters. The molecule has 16 heavy (non-hydrogen) atoms. The van der Waals surface area contributed by atoms with Crippen LogP contribution in [0, 0.1) is 0 Å². The standard InChI is InChI=1S/C11H23N3O2/c12-5-10-16-9-4-6-13-11(15)14-7-2-1-3-8-14/h1-10,12H2,(H,13,15). The van der Waals surface area contributed by atoms with Gasteiger partial charge in [0.25, 0.3) is 0 Å². The highest BCUT2D eigenvalue weighted by molar-refractivity contribution is 5.74. The van der Waals surface area contributed by atoms with E-state index in [9.17, 15) is 4.79 Å². The molecule has 1 saturated heterocycles. The summed E-state index contributed by atoms with van der Waals surface area (Å²) < 4.78 is 5.22. The number of amides is 2. The van der Waals surface area contributed by atoms with Crippen molar-refractivity contribution < 1.29 is 9.53 Å². The molecule has 1 fully saturated rings. The Morgan fingerprint density at radius 2 is 2.00 bits per heavy atom. The SMILES string of the molecule is NCCOCCCNC(=O)N1CCCCC1. The van der Waals surface area contributed by atoms with E-state index in [1.54, 1.807) is 0 Å². The summed E-state index contributed by atoms with van der Waals surface area (Å²) in [7, 11) is 0. The van der Waals surface area contributed by atoms with E-state index in [-0.39, 0.29) is 6.03 Å². The van der Waals surface area contributed by atoms with Gasteiger partial charge in [0.1, 0.15) is 0 Å². The number of nitrogens with zero attached hydrogens (tertiary/aromatic N) is 1. The van der Waals surface area contributed by atoms with E-state index in [1.807, 2.05) is 4.90 Å². The average Bonchev–Trinajstić information content (AvgIpc) is 2.34. The van der Waals surface area contributed by atoms with Crippen LogP contribution in [-0.4, -0.2) is 50.3 Å². The van der Waals surface area contributed by atoms with Crippen LogP contribution in [0.4, 0.5) is 4.79 Å². The Labute approximate surface area is 97.3 Å². The number of carbonyl (C=O) groups is 1. The van der Waals surface area contributed by atoms with Gasteiger partial charge in [0.15, 0.2) is 0 Å². The van der Waals surface area contributed by atoms with Crippen molar-refractivity contribution in [2.24, 2.45) is 5.73 Å². The predicted octanol–water partition coefficient (Wildman–Crippen LogP) is 0.547. The molecule has 0 spiro atoms. The lowest BCUT2D eigenvalue weighted by molar-refractivity contribution is 0.138. The Balaban J connectivity index is 1.97. The highest BCUT2D eigenvalue weighted by atomic mass is 16.5. The van der Waals surface area contributed by atoms with Gasteiger partial charge in [0, 0.05) is 32.8 Å². The largest absolute Gasteiger partial charge is 0.380 e. The first-order valence-corrected chi connectivity index (χ1v) is 6.15. The first-order chi connectivity index (χ1) is 7.84. The molecule has 0 aromatic rings. The molecule has 5 nitrogen and oxygen atoms in total. The second kappa shape index (κ2) is 8.35. The van der Waals surface area contributed by atoms with Gasteiger partial charge < -0.3 is 20.7 Å². The summed E-state index contributed by atoms with van der Waals surface area (Å²) in [4.78, 5) is 13.5. The Bertz CT molecular complexity index is 194. The van der Waals surface area contributed by atoms with Crippen LogP contribution in [0.3, 0.4) is 0 Å². The maximum Gasteiger partial charge on any atom is 0.317 e. The molecular formula is C11H23N3O2. The molecule has 1 rings (SSSR count). The number of ether oxygens (including phenoxy) is 1. The number of nitrogens with two attached hydrogens (primary N) is 1. The molecule has 0 unspecified atom stereocenters. The molecule has 0 bridgehead atoms. The number of likely N-dealkylation sites (tertiary alicyclic amines) is 1. The quantitative estimate of drug-likeness (QED) is 0.653. The van der Waals surface area contributed by atoms with E-state index < -0.39 is 0 Å². The molecule has 0 saturated carbocycles. The summed E-state index contributed by atoms with van der Waals surface area (Å²) in [6, 6.07) is 0.0681. The van der Waals surface area contributed by atoms with Crippen LogP contribution in [0.2, 0.25) is 0 Å². The Kier molecular flexibility index (Phi) is 6.92. The molecule has 0 radical (unpaired) electrons. The van der Waals surface area contributed by atoms with E-state index in [4.69, 9.17) is 10.5 Å². The lowest BCUT2D eigenvalue weighted by Crippen LogP contribution is -2.43. The highest BCUT2D eigenvalue weighted by Gasteiger charge is 2.15. The maximum absolute atomic E-state index is 11.6. The van der Waals surface area contributed by atoms with Gasteiger partial charge in [0.05, 0.1) is 6.61 Å². The summed E-state index contributed by atoms with van der Waals surface area (Å²) in [6.45, 7) is 4.29. The summed E-state index contributed by atoms with van der Waals surface area (Å²) >= 11 is 0. The summed E-state index contributed by atoms with van der Waals surface area (Å²) in [5, 5.41) is 2.91. The zero-order valence-corrected chi connectivity index (χ0v) is 9.91. The fraction of sp³-hybridized carbons (Fsp3) is 0.909. The second-order valence-electron chi connectivity index (χ2n) is 4.03. The van der Waals surface area contributed by atoms with Crippen LogP contribution in [-0.2, 0) is 4.74 Å². The molecular weight excluding hydrogens is 206 g/mol. The monoisotopic (exact) mass is 229 g/mol. The topological polar surface area (TPSA) is 67.6 Å². The Morgan fingerprint density at radius 1 is 1.25 bits per heavy atom. The van der Waals surface area contributed by atoms with E-state index in [0.29, 0.717) is 26.3 Å². The van der Waals surface area contributed by atoms with Crippen LogP contribution in [0.15, 0.2) is 0 Å². The highest BCUT2D eigenvalue weighted by Crippen LogP contribution is 2.08. The average molecular weight is 229 g/mol. The van der Waals surface area contributed by atoms with Gasteiger partial charge in [-0.25, -0.2) is 4.79 Å². The van der Waals surface area contributed by atoms with Crippen molar-refractivity contribution in [2.75, 3.05) is 39.4 Å². The summed E-state index contributed by atoms with van der Waals surface area (Å²) in [6.07, 6.45) is 4.36. The maximum atomic E-state index is 11.6. The Hall–Kier alpha value is -0.810. The number of nitrogens with one attached hydrogen (secondary N) is 1. The molecule has 0 aliphatic carbocycles. The van der Waals surface area contributed by atoms with E-state index in [2.05, 4.69) is 5.32 Å². The van der Waals surface area contributed by atoms with Crippen LogP contribution in [0.25, 0.3) is 0 Å². The van der Waals surface area contributed by atoms with E-state index in [0.717, 1.165) is 32.4 Å². The molecule has 1 aliphatic heterocycles. The minimum absolute atomic E-state index is 0.0681. The number of rotatable bonds is 6. The summed E-state index contributed by atoms with van der Waals surface area (Å²) in [5.41, 5.74) is 5.29. The van der Waals surface area contributed by atoms with Crippen molar-refractivity contribution in [3.05, 3.63) is 0 Å². The molecule has 94 valence electrons. The van der Waals surface area contributed by atoms with Gasteiger partial charge in [-0.15, -0.1) is 0 Å². The van der Waals surface area contributed by atoms with Gasteiger partial charge in [-0.2, -0.15) is 0 Å². The van der Waals surface area contributed by atoms with Crippen LogP contribution >= 0.6 is 0 Å². The third-order valence-corrected chi connectivity index (χ3v) is 2.65. The van der Waals surface area contributed by atoms with E-state index >= 15 is 0 Å². The molecule has 1 heterocycles. The van der Waals surface area contributed by atoms with Gasteiger partial charge in [-0.05, 0) is 25.7 Å². The zero-order chi connectivity index (χ0) is 11.6. The van der Waals surface area contributed by atoms with Crippen molar-refractivity contribution in [1.82, 2.24) is 10.2 Å². The number of hydrogen-bond donors (Lipinski definition) is 2. The minimum Gasteiger partial charge on any atom is -0.380 e. The first-order valence-electron chi connectivity index (χ1n) is 6.15. The fourth-order valence-corrected chi connectivity index (χ4v) is 1.76. The molecule has 2 amide bonds. The lowest BCUT2D eigenvalue weighted by atomic mass is 10.1. The van der Waals surface area contributed by atoms with Crippen LogP contribution in [0.1, 0.15) is 25.7 Å². The number of piperidine rings is 1. The van der Waals surface area contributed by atoms with Crippen LogP contribution in [0.5, 0.6) is 0 Å². The minimum atomic E-state index is 0.0681. The Morgan fingerprint density at radius 3 is 2.69 bits per heavy atom. The number of carbonyl (C=O) groups excluding carboxylic acids is 1. The third kappa shape index (κ3) is 5.32. The van der Waals surface area contributed by atoms with E-state index in [1.165, 1.54) is 6.42 Å². The van der Waals surface area contributed by atoms with Crippen molar-refractivity contribution in [2.45, 2.75) is 25.7 Å². The molecule has 3 N–H and O–H groups in total. The van der Waals surface area contributed by atoms with Crippen molar-refractivity contribution >= 4 is 6.03 Å². The molecule has 0 aromatic carbocycles. The first kappa shape index (κ1) is 13.3. The molecule has 0 aromatic heterocycles. The number of urea groups is 1.